The highest BCUT2D eigenvalue weighted by Crippen LogP contribution is 2.41. The second-order valence-corrected chi connectivity index (χ2v) is 9.51. The summed E-state index contributed by atoms with van der Waals surface area (Å²) < 4.78 is 35.0. The van der Waals surface area contributed by atoms with Gasteiger partial charge in [-0.05, 0) is 19.9 Å². The van der Waals surface area contributed by atoms with E-state index in [4.69, 9.17) is 9.47 Å². The Labute approximate surface area is 142 Å². The van der Waals surface area contributed by atoms with Gasteiger partial charge in [0.2, 0.25) is 0 Å². The van der Waals surface area contributed by atoms with Crippen LogP contribution in [-0.2, 0) is 21.1 Å². The molecule has 2 aliphatic rings. The standard InChI is InChI=1S/C17H23NO5S/c1-4-24(20,21)13-9-18(10-13)15(19)11-22-14-7-5-6-12-8-17(2,3)23-16(12)14/h5-7,13H,4,8-11H2,1-3H3. The molecule has 24 heavy (non-hydrogen) atoms. The van der Waals surface area contributed by atoms with Crippen molar-refractivity contribution in [2.24, 2.45) is 0 Å². The molecule has 3 rings (SSSR count). The molecule has 0 saturated carbocycles. The quantitative estimate of drug-likeness (QED) is 0.801. The summed E-state index contributed by atoms with van der Waals surface area (Å²) in [5, 5.41) is -0.434. The van der Waals surface area contributed by atoms with Gasteiger partial charge in [0.15, 0.2) is 27.9 Å². The predicted octanol–water partition coefficient (Wildman–Crippen LogP) is 1.42. The molecule has 7 heteroatoms. The molecule has 1 amide bonds. The zero-order valence-corrected chi connectivity index (χ0v) is 15.1. The predicted molar refractivity (Wildman–Crippen MR) is 90.2 cm³/mol. The summed E-state index contributed by atoms with van der Waals surface area (Å²) in [5.74, 6) is 1.17. The van der Waals surface area contributed by atoms with Crippen LogP contribution in [0.5, 0.6) is 11.5 Å². The van der Waals surface area contributed by atoms with Crippen molar-refractivity contribution in [3.63, 3.8) is 0 Å². The van der Waals surface area contributed by atoms with Gasteiger partial charge in [-0.2, -0.15) is 0 Å². The van der Waals surface area contributed by atoms with Crippen LogP contribution >= 0.6 is 0 Å². The molecule has 1 aromatic rings. The highest BCUT2D eigenvalue weighted by Gasteiger charge is 2.39. The van der Waals surface area contributed by atoms with Gasteiger partial charge in [0.05, 0.1) is 5.25 Å². The van der Waals surface area contributed by atoms with Crippen LogP contribution in [0.3, 0.4) is 0 Å². The molecule has 1 saturated heterocycles. The summed E-state index contributed by atoms with van der Waals surface area (Å²) >= 11 is 0. The molecule has 0 unspecified atom stereocenters. The van der Waals surface area contributed by atoms with Crippen LogP contribution in [0.15, 0.2) is 18.2 Å². The highest BCUT2D eigenvalue weighted by atomic mass is 32.2. The van der Waals surface area contributed by atoms with E-state index in [2.05, 4.69) is 0 Å². The van der Waals surface area contributed by atoms with Crippen molar-refractivity contribution >= 4 is 15.7 Å². The summed E-state index contributed by atoms with van der Waals surface area (Å²) in [4.78, 5) is 13.7. The van der Waals surface area contributed by atoms with Crippen molar-refractivity contribution in [3.8, 4) is 11.5 Å². The maximum atomic E-state index is 12.2. The summed E-state index contributed by atoms with van der Waals surface area (Å²) in [7, 11) is -3.07. The average molecular weight is 353 g/mol. The number of rotatable bonds is 5. The van der Waals surface area contributed by atoms with Crippen molar-refractivity contribution in [1.82, 2.24) is 4.90 Å². The maximum absolute atomic E-state index is 12.2. The maximum Gasteiger partial charge on any atom is 0.260 e. The van der Waals surface area contributed by atoms with E-state index in [0.717, 1.165) is 12.0 Å². The Morgan fingerprint density at radius 2 is 2.08 bits per heavy atom. The van der Waals surface area contributed by atoms with Crippen molar-refractivity contribution in [2.75, 3.05) is 25.4 Å². The van der Waals surface area contributed by atoms with Crippen LogP contribution in [-0.4, -0.2) is 55.5 Å². The van der Waals surface area contributed by atoms with E-state index in [1.54, 1.807) is 13.0 Å². The van der Waals surface area contributed by atoms with Crippen LogP contribution < -0.4 is 9.47 Å². The number of hydrogen-bond acceptors (Lipinski definition) is 5. The number of ether oxygens (including phenoxy) is 2. The number of para-hydroxylation sites is 1. The van der Waals surface area contributed by atoms with E-state index in [9.17, 15) is 13.2 Å². The molecule has 2 heterocycles. The lowest BCUT2D eigenvalue weighted by Crippen LogP contribution is -2.58. The van der Waals surface area contributed by atoms with Gasteiger partial charge >= 0.3 is 0 Å². The van der Waals surface area contributed by atoms with Gasteiger partial charge in [0.1, 0.15) is 5.60 Å². The Hall–Kier alpha value is -1.76. The van der Waals surface area contributed by atoms with Gasteiger partial charge in [-0.3, -0.25) is 4.79 Å². The van der Waals surface area contributed by atoms with Gasteiger partial charge < -0.3 is 14.4 Å². The number of sulfone groups is 1. The third kappa shape index (κ3) is 3.22. The number of carbonyl (C=O) groups is 1. The fourth-order valence-corrected chi connectivity index (χ4v) is 4.32. The second kappa shape index (κ2) is 5.95. The minimum Gasteiger partial charge on any atom is -0.483 e. The van der Waals surface area contributed by atoms with Gasteiger partial charge in [-0.25, -0.2) is 8.42 Å². The number of benzene rings is 1. The van der Waals surface area contributed by atoms with Gasteiger partial charge in [0, 0.05) is 30.8 Å². The number of likely N-dealkylation sites (tertiary alicyclic amines) is 1. The first-order chi connectivity index (χ1) is 11.2. The van der Waals surface area contributed by atoms with Crippen molar-refractivity contribution < 1.29 is 22.7 Å². The average Bonchev–Trinajstić information content (AvgIpc) is 2.77. The smallest absolute Gasteiger partial charge is 0.260 e. The first kappa shape index (κ1) is 17.1. The molecule has 0 aromatic heterocycles. The molecule has 0 atom stereocenters. The monoisotopic (exact) mass is 353 g/mol. The fourth-order valence-electron chi connectivity index (χ4n) is 3.04. The number of hydrogen-bond donors (Lipinski definition) is 0. The molecule has 0 bridgehead atoms. The summed E-state index contributed by atoms with van der Waals surface area (Å²) in [6, 6.07) is 5.67. The molecule has 132 valence electrons. The Balaban J connectivity index is 1.57. The molecule has 1 aromatic carbocycles. The van der Waals surface area contributed by atoms with Crippen LogP contribution in [0, 0.1) is 0 Å². The lowest BCUT2D eigenvalue weighted by Gasteiger charge is -2.38. The summed E-state index contributed by atoms with van der Waals surface area (Å²) in [5.41, 5.74) is 0.799. The van der Waals surface area contributed by atoms with Crippen molar-refractivity contribution in [3.05, 3.63) is 23.8 Å². The molecular weight excluding hydrogens is 330 g/mol. The Bertz CT molecular complexity index is 750. The first-order valence-electron chi connectivity index (χ1n) is 8.15. The van der Waals surface area contributed by atoms with Crippen LogP contribution in [0.4, 0.5) is 0 Å². The Kier molecular flexibility index (Phi) is 4.23. The number of carbonyl (C=O) groups excluding carboxylic acids is 1. The van der Waals surface area contributed by atoms with E-state index >= 15 is 0 Å². The molecule has 0 spiro atoms. The SMILES string of the molecule is CCS(=O)(=O)C1CN(C(=O)COc2cccc3c2OC(C)(C)C3)C1. The highest BCUT2D eigenvalue weighted by molar-refractivity contribution is 7.92. The summed E-state index contributed by atoms with van der Waals surface area (Å²) in [6.07, 6.45) is 0.802. The lowest BCUT2D eigenvalue weighted by molar-refractivity contribution is -0.136. The molecular formula is C17H23NO5S. The lowest BCUT2D eigenvalue weighted by atomic mass is 10.0. The summed E-state index contributed by atoms with van der Waals surface area (Å²) in [6.45, 7) is 6.05. The Morgan fingerprint density at radius 1 is 1.38 bits per heavy atom. The second-order valence-electron chi connectivity index (χ2n) is 6.94. The third-order valence-electron chi connectivity index (χ3n) is 4.52. The van der Waals surface area contributed by atoms with Gasteiger partial charge in [0.25, 0.3) is 5.91 Å². The van der Waals surface area contributed by atoms with Crippen LogP contribution in [0.25, 0.3) is 0 Å². The normalized spacial score (nSPS) is 19.4. The first-order valence-corrected chi connectivity index (χ1v) is 9.86. The zero-order chi connectivity index (χ0) is 17.5. The molecule has 6 nitrogen and oxygen atoms in total. The van der Waals surface area contributed by atoms with E-state index < -0.39 is 15.1 Å². The number of fused-ring (bicyclic) bond motifs is 1. The van der Waals surface area contributed by atoms with E-state index in [1.807, 2.05) is 26.0 Å². The zero-order valence-electron chi connectivity index (χ0n) is 14.2. The number of amides is 1. The third-order valence-corrected chi connectivity index (χ3v) is 6.64. The fraction of sp³-hybridized carbons (Fsp3) is 0.588. The molecule has 0 aliphatic carbocycles. The van der Waals surface area contributed by atoms with Crippen molar-refractivity contribution in [1.29, 1.82) is 0 Å². The van der Waals surface area contributed by atoms with Crippen LogP contribution in [0.1, 0.15) is 26.3 Å². The molecule has 1 fully saturated rings. The minimum atomic E-state index is -3.07. The minimum absolute atomic E-state index is 0.111. The Morgan fingerprint density at radius 3 is 2.75 bits per heavy atom. The van der Waals surface area contributed by atoms with Gasteiger partial charge in [-0.1, -0.05) is 19.1 Å². The van der Waals surface area contributed by atoms with Gasteiger partial charge in [-0.15, -0.1) is 0 Å². The van der Waals surface area contributed by atoms with Crippen molar-refractivity contribution in [2.45, 2.75) is 38.0 Å². The van der Waals surface area contributed by atoms with E-state index in [-0.39, 0.29) is 37.0 Å². The van der Waals surface area contributed by atoms with E-state index in [1.165, 1.54) is 4.90 Å². The largest absolute Gasteiger partial charge is 0.483 e. The van der Waals surface area contributed by atoms with E-state index in [0.29, 0.717) is 11.5 Å². The number of nitrogens with zero attached hydrogens (tertiary/aromatic N) is 1. The topological polar surface area (TPSA) is 72.9 Å². The molecule has 0 radical (unpaired) electrons. The van der Waals surface area contributed by atoms with Crippen LogP contribution in [0.2, 0.25) is 0 Å². The molecule has 2 aliphatic heterocycles. The molecule has 0 N–H and O–H groups in total.